The minimum absolute atomic E-state index is 0.0482. The summed E-state index contributed by atoms with van der Waals surface area (Å²) in [5.74, 6) is 0.0866. The largest absolute Gasteiger partial charge is 0.504 e. The summed E-state index contributed by atoms with van der Waals surface area (Å²) in [4.78, 5) is 12.2. The van der Waals surface area contributed by atoms with Crippen molar-refractivity contribution < 1.29 is 19.1 Å². The molecular weight excluding hydrogens is 468 g/mol. The molecule has 1 aromatic heterocycles. The Morgan fingerprint density at radius 2 is 2.12 bits per heavy atom. The highest BCUT2D eigenvalue weighted by Crippen LogP contribution is 2.31. The van der Waals surface area contributed by atoms with Crippen LogP contribution in [0.3, 0.4) is 0 Å². The lowest BCUT2D eigenvalue weighted by Crippen LogP contribution is -2.16. The maximum absolute atomic E-state index is 12.2. The number of rotatable bonds is 5. The number of fused-ring (bicyclic) bond motifs is 1. The lowest BCUT2D eigenvalue weighted by atomic mass is 10.2. The summed E-state index contributed by atoms with van der Waals surface area (Å²) in [7, 11) is 0. The summed E-state index contributed by atoms with van der Waals surface area (Å²) < 4.78 is 12.5. The average molecular weight is 482 g/mol. The van der Waals surface area contributed by atoms with Crippen molar-refractivity contribution in [2.75, 3.05) is 6.61 Å². The quantitative estimate of drug-likeness (QED) is 0.404. The zero-order chi connectivity index (χ0) is 18.7. The van der Waals surface area contributed by atoms with Gasteiger partial charge in [0.05, 0.1) is 17.3 Å². The number of carbonyl (C=O) groups excluding carboxylic acids is 1. The number of aromatic hydroxyl groups is 1. The molecule has 8 heteroatoms. The Balaban J connectivity index is 1.73. The predicted octanol–water partition coefficient (Wildman–Crippen LogP) is 4.83. The van der Waals surface area contributed by atoms with Crippen LogP contribution in [0.5, 0.6) is 11.5 Å². The van der Waals surface area contributed by atoms with Gasteiger partial charge in [0.15, 0.2) is 17.3 Å². The van der Waals surface area contributed by atoms with Crippen LogP contribution in [0.15, 0.2) is 54.9 Å². The van der Waals surface area contributed by atoms with Crippen molar-refractivity contribution in [3.63, 3.8) is 0 Å². The van der Waals surface area contributed by atoms with Gasteiger partial charge in [0.1, 0.15) is 5.58 Å². The maximum Gasteiger partial charge on any atom is 0.307 e. The van der Waals surface area contributed by atoms with E-state index >= 15 is 0 Å². The fourth-order valence-corrected chi connectivity index (χ4v) is 3.63. The first kappa shape index (κ1) is 18.5. The van der Waals surface area contributed by atoms with Crippen LogP contribution in [-0.4, -0.2) is 23.8 Å². The average Bonchev–Trinajstić information content (AvgIpc) is 3.02. The minimum atomic E-state index is -0.468. The van der Waals surface area contributed by atoms with Crippen LogP contribution >= 0.6 is 31.9 Å². The number of amides is 1. The van der Waals surface area contributed by atoms with Gasteiger partial charge in [-0.05, 0) is 64.8 Å². The molecule has 0 saturated carbocycles. The summed E-state index contributed by atoms with van der Waals surface area (Å²) in [5.41, 5.74) is 3.67. The number of ether oxygens (including phenoxy) is 1. The van der Waals surface area contributed by atoms with Gasteiger partial charge in [0.25, 0.3) is 0 Å². The standard InChI is InChI=1S/C18H14Br2N2O4/c1-2-25-15-5-10(3-4-14(15)23)9-21-22-18(24)16-7-11-6-12(19)8-13(20)17(11)26-16/h3-9,23H,2H2,1H3,(H,22,24)/b21-9-. The molecule has 134 valence electrons. The number of hydrazone groups is 1. The van der Waals surface area contributed by atoms with E-state index in [0.717, 1.165) is 14.3 Å². The molecule has 0 radical (unpaired) electrons. The summed E-state index contributed by atoms with van der Waals surface area (Å²) in [6.45, 7) is 2.26. The monoisotopic (exact) mass is 480 g/mol. The van der Waals surface area contributed by atoms with Crippen LogP contribution in [0.1, 0.15) is 23.0 Å². The smallest absolute Gasteiger partial charge is 0.307 e. The molecule has 0 atom stereocenters. The second kappa shape index (κ2) is 7.92. The third-order valence-electron chi connectivity index (χ3n) is 3.42. The first-order valence-electron chi connectivity index (χ1n) is 7.65. The third kappa shape index (κ3) is 4.08. The highest BCUT2D eigenvalue weighted by Gasteiger charge is 2.14. The molecule has 0 bridgehead atoms. The number of carbonyl (C=O) groups is 1. The Labute approximate surface area is 166 Å². The molecule has 1 heterocycles. The fourth-order valence-electron chi connectivity index (χ4n) is 2.29. The van der Waals surface area contributed by atoms with E-state index in [2.05, 4.69) is 42.4 Å². The molecule has 0 fully saturated rings. The van der Waals surface area contributed by atoms with Crippen molar-refractivity contribution in [1.29, 1.82) is 0 Å². The summed E-state index contributed by atoms with van der Waals surface area (Å²) in [5, 5.41) is 14.4. The van der Waals surface area contributed by atoms with Gasteiger partial charge in [-0.25, -0.2) is 5.43 Å². The summed E-state index contributed by atoms with van der Waals surface area (Å²) >= 11 is 6.80. The zero-order valence-electron chi connectivity index (χ0n) is 13.6. The SMILES string of the molecule is CCOc1cc(/C=N\NC(=O)c2cc3cc(Br)cc(Br)c3o2)ccc1O. The highest BCUT2D eigenvalue weighted by molar-refractivity contribution is 9.11. The van der Waals surface area contributed by atoms with Crippen LogP contribution in [0.25, 0.3) is 11.0 Å². The van der Waals surface area contributed by atoms with Crippen molar-refractivity contribution in [2.24, 2.45) is 5.10 Å². The van der Waals surface area contributed by atoms with Crippen LogP contribution in [0.4, 0.5) is 0 Å². The van der Waals surface area contributed by atoms with Gasteiger partial charge in [-0.2, -0.15) is 5.10 Å². The second-order valence-electron chi connectivity index (χ2n) is 5.28. The van der Waals surface area contributed by atoms with Crippen molar-refractivity contribution in [1.82, 2.24) is 5.43 Å². The van der Waals surface area contributed by atoms with Gasteiger partial charge in [-0.1, -0.05) is 15.9 Å². The lowest BCUT2D eigenvalue weighted by molar-refractivity contribution is 0.0929. The number of nitrogens with zero attached hydrogens (tertiary/aromatic N) is 1. The van der Waals surface area contributed by atoms with Crippen LogP contribution in [-0.2, 0) is 0 Å². The topological polar surface area (TPSA) is 84.1 Å². The van der Waals surface area contributed by atoms with E-state index in [1.165, 1.54) is 12.3 Å². The molecule has 26 heavy (non-hydrogen) atoms. The molecule has 0 aliphatic rings. The van der Waals surface area contributed by atoms with E-state index in [1.54, 1.807) is 18.2 Å². The molecule has 2 N–H and O–H groups in total. The first-order chi connectivity index (χ1) is 12.5. The van der Waals surface area contributed by atoms with Crippen LogP contribution in [0.2, 0.25) is 0 Å². The van der Waals surface area contributed by atoms with Gasteiger partial charge in [0, 0.05) is 9.86 Å². The molecule has 3 rings (SSSR count). The Bertz CT molecular complexity index is 998. The number of furan rings is 1. The van der Waals surface area contributed by atoms with Crippen molar-refractivity contribution >= 4 is 55.0 Å². The van der Waals surface area contributed by atoms with Crippen LogP contribution in [0, 0.1) is 0 Å². The Hall–Kier alpha value is -2.32. The molecule has 1 amide bonds. The zero-order valence-corrected chi connectivity index (χ0v) is 16.8. The molecule has 0 unspecified atom stereocenters. The van der Waals surface area contributed by atoms with Crippen molar-refractivity contribution in [3.05, 3.63) is 56.7 Å². The Morgan fingerprint density at radius 1 is 1.31 bits per heavy atom. The summed E-state index contributed by atoms with van der Waals surface area (Å²) in [6, 6.07) is 10.1. The number of benzene rings is 2. The minimum Gasteiger partial charge on any atom is -0.504 e. The third-order valence-corrected chi connectivity index (χ3v) is 4.47. The number of phenolic OH excluding ortho intramolecular Hbond substituents is 1. The number of halogens is 2. The predicted molar refractivity (Wildman–Crippen MR) is 106 cm³/mol. The van der Waals surface area contributed by atoms with E-state index in [0.29, 0.717) is 23.5 Å². The van der Waals surface area contributed by atoms with E-state index in [9.17, 15) is 9.90 Å². The highest BCUT2D eigenvalue weighted by atomic mass is 79.9. The lowest BCUT2D eigenvalue weighted by Gasteiger charge is -2.05. The maximum atomic E-state index is 12.2. The normalized spacial score (nSPS) is 11.2. The molecule has 0 saturated heterocycles. The summed E-state index contributed by atoms with van der Waals surface area (Å²) in [6.07, 6.45) is 1.45. The molecule has 3 aromatic rings. The molecule has 6 nitrogen and oxygen atoms in total. The molecule has 0 aliphatic carbocycles. The Kier molecular flexibility index (Phi) is 5.63. The van der Waals surface area contributed by atoms with Gasteiger partial charge in [0.2, 0.25) is 0 Å². The molecule has 2 aromatic carbocycles. The molecule has 0 aliphatic heterocycles. The van der Waals surface area contributed by atoms with Crippen molar-refractivity contribution in [3.8, 4) is 11.5 Å². The molecule has 0 spiro atoms. The van der Waals surface area contributed by atoms with E-state index in [-0.39, 0.29) is 11.5 Å². The second-order valence-corrected chi connectivity index (χ2v) is 7.05. The number of hydrogen-bond donors (Lipinski definition) is 2. The van der Waals surface area contributed by atoms with Gasteiger partial charge >= 0.3 is 5.91 Å². The van der Waals surface area contributed by atoms with Gasteiger partial charge in [-0.3, -0.25) is 4.79 Å². The van der Waals surface area contributed by atoms with Gasteiger partial charge in [-0.15, -0.1) is 0 Å². The molecular formula is C18H14Br2N2O4. The van der Waals surface area contributed by atoms with Crippen molar-refractivity contribution in [2.45, 2.75) is 6.92 Å². The Morgan fingerprint density at radius 3 is 2.88 bits per heavy atom. The van der Waals surface area contributed by atoms with E-state index < -0.39 is 5.91 Å². The van der Waals surface area contributed by atoms with E-state index in [4.69, 9.17) is 9.15 Å². The first-order valence-corrected chi connectivity index (χ1v) is 9.24. The number of phenols is 1. The van der Waals surface area contributed by atoms with Crippen LogP contribution < -0.4 is 10.2 Å². The van der Waals surface area contributed by atoms with Gasteiger partial charge < -0.3 is 14.3 Å². The number of nitrogens with one attached hydrogen (secondary N) is 1. The van der Waals surface area contributed by atoms with E-state index in [1.807, 2.05) is 19.1 Å². The number of hydrogen-bond acceptors (Lipinski definition) is 5. The fraction of sp³-hybridized carbons (Fsp3) is 0.111.